The molecule has 6 heteroatoms. The highest BCUT2D eigenvalue weighted by Gasteiger charge is 2.43. The van der Waals surface area contributed by atoms with Crippen LogP contribution >= 0.6 is 0 Å². The molecule has 0 unspecified atom stereocenters. The van der Waals surface area contributed by atoms with Gasteiger partial charge in [0, 0.05) is 12.0 Å². The van der Waals surface area contributed by atoms with Crippen molar-refractivity contribution in [1.82, 2.24) is 4.90 Å². The van der Waals surface area contributed by atoms with Gasteiger partial charge in [0.1, 0.15) is 6.04 Å². The van der Waals surface area contributed by atoms with E-state index in [0.29, 0.717) is 5.56 Å². The smallest absolute Gasteiger partial charge is 0.330 e. The Bertz CT molecular complexity index is 1110. The van der Waals surface area contributed by atoms with Crippen LogP contribution in [0.2, 0.25) is 0 Å². The summed E-state index contributed by atoms with van der Waals surface area (Å²) in [4.78, 5) is 52.1. The molecule has 3 aromatic rings. The second kappa shape index (κ2) is 8.75. The highest BCUT2D eigenvalue weighted by molar-refractivity contribution is 6.22. The molecule has 0 saturated carbocycles. The molecule has 4 rings (SSSR count). The van der Waals surface area contributed by atoms with Crippen molar-refractivity contribution in [2.24, 2.45) is 0 Å². The van der Waals surface area contributed by atoms with E-state index in [9.17, 15) is 19.2 Å². The number of imide groups is 1. The Hall–Kier alpha value is -4.06. The summed E-state index contributed by atoms with van der Waals surface area (Å²) in [6, 6.07) is 22.8. The quantitative estimate of drug-likeness (QED) is 0.337. The molecule has 0 aromatic heterocycles. The average Bonchev–Trinajstić information content (AvgIpc) is 3.07. The largest absolute Gasteiger partial charge is 0.456 e. The van der Waals surface area contributed by atoms with Gasteiger partial charge in [0.15, 0.2) is 12.4 Å². The number of rotatable bonds is 7. The molecule has 1 aliphatic heterocycles. The van der Waals surface area contributed by atoms with Crippen LogP contribution in [-0.2, 0) is 16.0 Å². The van der Waals surface area contributed by atoms with E-state index in [2.05, 4.69) is 0 Å². The molecule has 1 atom stereocenters. The number of hydrogen-bond acceptors (Lipinski definition) is 5. The molecule has 0 aliphatic carbocycles. The van der Waals surface area contributed by atoms with E-state index >= 15 is 0 Å². The molecule has 31 heavy (non-hydrogen) atoms. The fourth-order valence-electron chi connectivity index (χ4n) is 3.55. The lowest BCUT2D eigenvalue weighted by Gasteiger charge is -2.24. The second-order valence-electron chi connectivity index (χ2n) is 7.13. The number of carbonyl (C=O) groups is 4. The molecule has 154 valence electrons. The van der Waals surface area contributed by atoms with E-state index in [1.807, 2.05) is 6.07 Å². The third kappa shape index (κ3) is 4.14. The van der Waals surface area contributed by atoms with Crippen molar-refractivity contribution >= 4 is 23.6 Å². The van der Waals surface area contributed by atoms with Crippen LogP contribution in [0, 0.1) is 0 Å². The van der Waals surface area contributed by atoms with Gasteiger partial charge in [-0.15, -0.1) is 0 Å². The van der Waals surface area contributed by atoms with Gasteiger partial charge in [-0.05, 0) is 17.7 Å². The number of Topliss-reactive ketones (excluding diaryl/α,β-unsaturated/α-hetero) is 1. The standard InChI is InChI=1S/C25H19NO5/c27-22(18-11-5-2-6-12-18)16-31-25(30)21(15-17-9-3-1-4-10-17)26-23(28)19-13-7-8-14-20(19)24(26)29/h1-14,21H,15-16H2/t21-/m1/s1. The van der Waals surface area contributed by atoms with Crippen molar-refractivity contribution in [3.8, 4) is 0 Å². The number of fused-ring (bicyclic) bond motifs is 1. The van der Waals surface area contributed by atoms with Gasteiger partial charge in [-0.25, -0.2) is 4.79 Å². The lowest BCUT2D eigenvalue weighted by atomic mass is 10.0. The number of amides is 2. The molecule has 6 nitrogen and oxygen atoms in total. The number of ether oxygens (including phenoxy) is 1. The maximum Gasteiger partial charge on any atom is 0.330 e. The maximum atomic E-state index is 13.0. The van der Waals surface area contributed by atoms with Crippen LogP contribution in [0.25, 0.3) is 0 Å². The maximum absolute atomic E-state index is 13.0. The van der Waals surface area contributed by atoms with E-state index in [4.69, 9.17) is 4.74 Å². The van der Waals surface area contributed by atoms with Gasteiger partial charge in [0.2, 0.25) is 0 Å². The lowest BCUT2D eigenvalue weighted by Crippen LogP contribution is -2.47. The van der Waals surface area contributed by atoms with Crippen LogP contribution in [-0.4, -0.2) is 41.1 Å². The first kappa shape index (κ1) is 20.2. The molecule has 0 bridgehead atoms. The summed E-state index contributed by atoms with van der Waals surface area (Å²) < 4.78 is 5.27. The van der Waals surface area contributed by atoms with E-state index in [-0.39, 0.29) is 23.3 Å². The van der Waals surface area contributed by atoms with Crippen molar-refractivity contribution in [3.05, 3.63) is 107 Å². The zero-order chi connectivity index (χ0) is 21.8. The number of hydrogen-bond donors (Lipinski definition) is 0. The number of carbonyl (C=O) groups excluding carboxylic acids is 4. The fraction of sp³-hybridized carbons (Fsp3) is 0.120. The number of ketones is 1. The molecule has 1 heterocycles. The van der Waals surface area contributed by atoms with Crippen LogP contribution in [0.4, 0.5) is 0 Å². The van der Waals surface area contributed by atoms with Gasteiger partial charge in [0.05, 0.1) is 11.1 Å². The van der Waals surface area contributed by atoms with Crippen LogP contribution in [0.3, 0.4) is 0 Å². The molecule has 2 amide bonds. The summed E-state index contributed by atoms with van der Waals surface area (Å²) in [6.07, 6.45) is 0.0880. The summed E-state index contributed by atoms with van der Waals surface area (Å²) in [5.41, 5.74) is 1.67. The second-order valence-corrected chi connectivity index (χ2v) is 7.13. The Morgan fingerprint density at radius 2 is 1.26 bits per heavy atom. The van der Waals surface area contributed by atoms with Crippen LogP contribution < -0.4 is 0 Å². The van der Waals surface area contributed by atoms with Crippen molar-refractivity contribution < 1.29 is 23.9 Å². The van der Waals surface area contributed by atoms with Crippen LogP contribution in [0.15, 0.2) is 84.9 Å². The first-order valence-corrected chi connectivity index (χ1v) is 9.82. The van der Waals surface area contributed by atoms with E-state index in [0.717, 1.165) is 10.5 Å². The molecule has 0 N–H and O–H groups in total. The van der Waals surface area contributed by atoms with Crippen LogP contribution in [0.5, 0.6) is 0 Å². The summed E-state index contributed by atoms with van der Waals surface area (Å²) in [5, 5.41) is 0. The van der Waals surface area contributed by atoms with Crippen LogP contribution in [0.1, 0.15) is 36.6 Å². The van der Waals surface area contributed by atoms with Gasteiger partial charge in [-0.3, -0.25) is 19.3 Å². The fourth-order valence-corrected chi connectivity index (χ4v) is 3.55. The molecule has 3 aromatic carbocycles. The summed E-state index contributed by atoms with van der Waals surface area (Å²) >= 11 is 0. The van der Waals surface area contributed by atoms with Crippen molar-refractivity contribution in [2.45, 2.75) is 12.5 Å². The summed E-state index contributed by atoms with van der Waals surface area (Å²) in [6.45, 7) is -0.475. The molecule has 0 spiro atoms. The summed E-state index contributed by atoms with van der Waals surface area (Å²) in [5.74, 6) is -2.27. The normalized spacial score (nSPS) is 13.6. The minimum absolute atomic E-state index is 0.0880. The zero-order valence-electron chi connectivity index (χ0n) is 16.6. The minimum Gasteiger partial charge on any atom is -0.456 e. The Morgan fingerprint density at radius 3 is 1.84 bits per heavy atom. The number of nitrogens with zero attached hydrogens (tertiary/aromatic N) is 1. The highest BCUT2D eigenvalue weighted by Crippen LogP contribution is 2.26. The van der Waals surface area contributed by atoms with Gasteiger partial charge in [-0.1, -0.05) is 72.8 Å². The monoisotopic (exact) mass is 413 g/mol. The van der Waals surface area contributed by atoms with Crippen molar-refractivity contribution in [1.29, 1.82) is 0 Å². The molecule has 0 fully saturated rings. The molecule has 0 radical (unpaired) electrons. The van der Waals surface area contributed by atoms with Gasteiger partial charge >= 0.3 is 5.97 Å². The molecular formula is C25H19NO5. The minimum atomic E-state index is -1.18. The van der Waals surface area contributed by atoms with Gasteiger partial charge in [0.25, 0.3) is 11.8 Å². The van der Waals surface area contributed by atoms with E-state index < -0.39 is 30.4 Å². The Balaban J connectivity index is 1.58. The topological polar surface area (TPSA) is 80.8 Å². The Kier molecular flexibility index (Phi) is 5.71. The lowest BCUT2D eigenvalue weighted by molar-refractivity contribution is -0.147. The molecule has 1 aliphatic rings. The SMILES string of the molecule is O=C(COC(=O)[C@@H](Cc1ccccc1)N1C(=O)c2ccccc2C1=O)c1ccccc1. The zero-order valence-corrected chi connectivity index (χ0v) is 16.6. The molecule has 0 saturated heterocycles. The third-order valence-electron chi connectivity index (χ3n) is 5.12. The average molecular weight is 413 g/mol. The summed E-state index contributed by atoms with van der Waals surface area (Å²) in [7, 11) is 0. The number of benzene rings is 3. The Labute approximate surface area is 179 Å². The Morgan fingerprint density at radius 1 is 0.742 bits per heavy atom. The predicted octanol–water partition coefficient (Wildman–Crippen LogP) is 3.32. The predicted molar refractivity (Wildman–Crippen MR) is 113 cm³/mol. The third-order valence-corrected chi connectivity index (χ3v) is 5.12. The highest BCUT2D eigenvalue weighted by atomic mass is 16.5. The van der Waals surface area contributed by atoms with Gasteiger partial charge < -0.3 is 4.74 Å². The van der Waals surface area contributed by atoms with Gasteiger partial charge in [-0.2, -0.15) is 0 Å². The van der Waals surface area contributed by atoms with E-state index in [1.165, 1.54) is 0 Å². The first-order valence-electron chi connectivity index (χ1n) is 9.82. The molecular weight excluding hydrogens is 394 g/mol. The first-order chi connectivity index (χ1) is 15.1. The van der Waals surface area contributed by atoms with Crippen molar-refractivity contribution in [2.75, 3.05) is 6.61 Å². The van der Waals surface area contributed by atoms with Crippen molar-refractivity contribution in [3.63, 3.8) is 0 Å². The van der Waals surface area contributed by atoms with E-state index in [1.54, 1.807) is 78.9 Å². The number of esters is 1.